The van der Waals surface area contributed by atoms with Crippen LogP contribution in [-0.2, 0) is 11.0 Å². The minimum absolute atomic E-state index is 0.00729. The van der Waals surface area contributed by atoms with Crippen LogP contribution in [0.15, 0.2) is 28.6 Å². The van der Waals surface area contributed by atoms with Gasteiger partial charge in [0.15, 0.2) is 4.34 Å². The van der Waals surface area contributed by atoms with Crippen LogP contribution >= 0.6 is 23.1 Å². The Labute approximate surface area is 126 Å². The minimum atomic E-state index is -4.44. The molecule has 0 fully saturated rings. The summed E-state index contributed by atoms with van der Waals surface area (Å²) in [6.45, 7) is 1.45. The molecule has 1 N–H and O–H groups in total. The number of ketones is 1. The predicted octanol–water partition coefficient (Wildman–Crippen LogP) is 3.98. The predicted molar refractivity (Wildman–Crippen MR) is 76.0 cm³/mol. The third-order valence-corrected chi connectivity index (χ3v) is 4.40. The van der Waals surface area contributed by atoms with Crippen molar-refractivity contribution in [3.05, 3.63) is 29.8 Å². The number of nitrogens with zero attached hydrogens (tertiary/aromatic N) is 2. The molecule has 1 aromatic carbocycles. The Balaban J connectivity index is 2.14. The van der Waals surface area contributed by atoms with Gasteiger partial charge in [-0.05, 0) is 19.1 Å². The highest BCUT2D eigenvalue weighted by molar-refractivity contribution is 8.01. The molecule has 0 bridgehead atoms. The minimum Gasteiger partial charge on any atom is -0.330 e. The van der Waals surface area contributed by atoms with Crippen molar-refractivity contribution in [3.8, 4) is 0 Å². The Morgan fingerprint density at radius 2 is 2.05 bits per heavy atom. The summed E-state index contributed by atoms with van der Waals surface area (Å²) in [5, 5.41) is 10.4. The van der Waals surface area contributed by atoms with E-state index in [1.165, 1.54) is 36.9 Å². The summed E-state index contributed by atoms with van der Waals surface area (Å²) in [6, 6.07) is 5.15. The van der Waals surface area contributed by atoms with Crippen molar-refractivity contribution >= 4 is 39.7 Å². The number of alkyl halides is 3. The number of halogens is 3. The Kier molecular flexibility index (Phi) is 4.84. The van der Waals surface area contributed by atoms with Crippen LogP contribution in [0.2, 0.25) is 0 Å². The van der Waals surface area contributed by atoms with Gasteiger partial charge in [0, 0.05) is 0 Å². The van der Waals surface area contributed by atoms with Gasteiger partial charge in [-0.1, -0.05) is 35.2 Å². The average molecular weight is 333 g/mol. The summed E-state index contributed by atoms with van der Waals surface area (Å²) in [5.74, 6) is 0.250. The molecule has 9 heteroatoms. The van der Waals surface area contributed by atoms with Gasteiger partial charge in [0.25, 0.3) is 0 Å². The quantitative estimate of drug-likeness (QED) is 0.839. The summed E-state index contributed by atoms with van der Waals surface area (Å²) >= 11 is 2.30. The number of hydrogen-bond donors (Lipinski definition) is 1. The number of benzene rings is 1. The molecule has 0 aliphatic rings. The Hall–Kier alpha value is -1.61. The number of aromatic nitrogens is 2. The van der Waals surface area contributed by atoms with Crippen LogP contribution in [0.1, 0.15) is 12.5 Å². The lowest BCUT2D eigenvalue weighted by atomic mass is 10.2. The van der Waals surface area contributed by atoms with E-state index in [1.807, 2.05) is 0 Å². The van der Waals surface area contributed by atoms with Crippen molar-refractivity contribution < 1.29 is 18.0 Å². The number of para-hydroxylation sites is 1. The summed E-state index contributed by atoms with van der Waals surface area (Å²) < 4.78 is 39.1. The summed E-state index contributed by atoms with van der Waals surface area (Å²) in [4.78, 5) is 10.9. The molecular weight excluding hydrogens is 323 g/mol. The maximum absolute atomic E-state index is 12.9. The van der Waals surface area contributed by atoms with Crippen molar-refractivity contribution in [2.24, 2.45) is 0 Å². The van der Waals surface area contributed by atoms with Crippen LogP contribution in [0, 0.1) is 0 Å². The Morgan fingerprint density at radius 1 is 1.33 bits per heavy atom. The van der Waals surface area contributed by atoms with Crippen LogP contribution in [0.25, 0.3) is 0 Å². The first-order valence-corrected chi connectivity index (χ1v) is 7.55. The van der Waals surface area contributed by atoms with E-state index in [0.717, 1.165) is 17.4 Å². The van der Waals surface area contributed by atoms with Gasteiger partial charge in [0.05, 0.1) is 17.0 Å². The van der Waals surface area contributed by atoms with E-state index < -0.39 is 11.7 Å². The summed E-state index contributed by atoms with van der Waals surface area (Å²) in [5.41, 5.74) is -0.845. The molecule has 112 valence electrons. The van der Waals surface area contributed by atoms with E-state index in [0.29, 0.717) is 4.34 Å². The number of hydrogen-bond acceptors (Lipinski definition) is 6. The van der Waals surface area contributed by atoms with Gasteiger partial charge in [-0.2, -0.15) is 13.2 Å². The molecule has 1 heterocycles. The highest BCUT2D eigenvalue weighted by Gasteiger charge is 2.33. The molecule has 0 aliphatic heterocycles. The maximum Gasteiger partial charge on any atom is 0.418 e. The fraction of sp³-hybridized carbons (Fsp3) is 0.250. The molecule has 0 atom stereocenters. The highest BCUT2D eigenvalue weighted by Crippen LogP contribution is 2.36. The van der Waals surface area contributed by atoms with Gasteiger partial charge in [0.1, 0.15) is 5.78 Å². The topological polar surface area (TPSA) is 54.9 Å². The second kappa shape index (κ2) is 6.44. The number of anilines is 2. The van der Waals surface area contributed by atoms with E-state index >= 15 is 0 Å². The number of Topliss-reactive ketones (excluding diaryl/α,β-unsaturated/α-hetero) is 1. The van der Waals surface area contributed by atoms with Crippen molar-refractivity contribution in [3.63, 3.8) is 0 Å². The first-order chi connectivity index (χ1) is 9.86. The lowest BCUT2D eigenvalue weighted by Gasteiger charge is -2.12. The molecule has 0 spiro atoms. The van der Waals surface area contributed by atoms with Crippen LogP contribution in [-0.4, -0.2) is 21.7 Å². The van der Waals surface area contributed by atoms with Crippen molar-refractivity contribution in [1.82, 2.24) is 10.2 Å². The van der Waals surface area contributed by atoms with Gasteiger partial charge in [0.2, 0.25) is 5.13 Å². The van der Waals surface area contributed by atoms with Gasteiger partial charge in [-0.3, -0.25) is 4.79 Å². The van der Waals surface area contributed by atoms with Crippen LogP contribution < -0.4 is 5.32 Å². The monoisotopic (exact) mass is 333 g/mol. The zero-order valence-corrected chi connectivity index (χ0v) is 12.4. The van der Waals surface area contributed by atoms with Gasteiger partial charge in [-0.25, -0.2) is 0 Å². The van der Waals surface area contributed by atoms with E-state index in [4.69, 9.17) is 0 Å². The standard InChI is InChI=1S/C12H10F3N3OS2/c1-7(19)6-20-11-18-17-10(21-11)16-9-5-3-2-4-8(9)12(13,14)15/h2-5H,6H2,1H3,(H,16,17). The zero-order chi connectivity index (χ0) is 15.5. The number of nitrogens with one attached hydrogen (secondary N) is 1. The highest BCUT2D eigenvalue weighted by atomic mass is 32.2. The van der Waals surface area contributed by atoms with E-state index in [1.54, 1.807) is 0 Å². The second-order valence-corrected chi connectivity index (χ2v) is 6.23. The molecule has 2 aromatic rings. The van der Waals surface area contributed by atoms with Gasteiger partial charge < -0.3 is 5.32 Å². The summed E-state index contributed by atoms with van der Waals surface area (Å²) in [7, 11) is 0. The molecule has 4 nitrogen and oxygen atoms in total. The third kappa shape index (κ3) is 4.43. The molecule has 0 amide bonds. The normalized spacial score (nSPS) is 11.4. The van der Waals surface area contributed by atoms with Gasteiger partial charge >= 0.3 is 6.18 Å². The van der Waals surface area contributed by atoms with Gasteiger partial charge in [-0.15, -0.1) is 10.2 Å². The molecule has 2 rings (SSSR count). The lowest BCUT2D eigenvalue weighted by Crippen LogP contribution is -2.08. The fourth-order valence-electron chi connectivity index (χ4n) is 1.44. The first-order valence-electron chi connectivity index (χ1n) is 5.75. The largest absolute Gasteiger partial charge is 0.418 e. The Bertz CT molecular complexity index is 643. The van der Waals surface area contributed by atoms with E-state index in [2.05, 4.69) is 15.5 Å². The number of carbonyl (C=O) groups is 1. The number of rotatable bonds is 5. The Morgan fingerprint density at radius 3 is 2.71 bits per heavy atom. The SMILES string of the molecule is CC(=O)CSc1nnc(Nc2ccccc2C(F)(F)F)s1. The molecule has 21 heavy (non-hydrogen) atoms. The number of carbonyl (C=O) groups excluding carboxylic acids is 1. The molecule has 0 radical (unpaired) electrons. The van der Waals surface area contributed by atoms with E-state index in [-0.39, 0.29) is 22.4 Å². The van der Waals surface area contributed by atoms with Crippen LogP contribution in [0.4, 0.5) is 24.0 Å². The van der Waals surface area contributed by atoms with Crippen molar-refractivity contribution in [2.45, 2.75) is 17.4 Å². The smallest absolute Gasteiger partial charge is 0.330 e. The molecular formula is C12H10F3N3OS2. The van der Waals surface area contributed by atoms with E-state index in [9.17, 15) is 18.0 Å². The van der Waals surface area contributed by atoms with Crippen LogP contribution in [0.3, 0.4) is 0 Å². The lowest BCUT2D eigenvalue weighted by molar-refractivity contribution is -0.136. The average Bonchev–Trinajstić information content (AvgIpc) is 2.83. The number of thioether (sulfide) groups is 1. The fourth-order valence-corrected chi connectivity index (χ4v) is 3.00. The molecule has 0 saturated heterocycles. The molecule has 0 aliphatic carbocycles. The first kappa shape index (κ1) is 15.8. The molecule has 0 unspecified atom stereocenters. The maximum atomic E-state index is 12.9. The van der Waals surface area contributed by atoms with Crippen molar-refractivity contribution in [2.75, 3.05) is 11.1 Å². The zero-order valence-electron chi connectivity index (χ0n) is 10.8. The van der Waals surface area contributed by atoms with Crippen LogP contribution in [0.5, 0.6) is 0 Å². The van der Waals surface area contributed by atoms with Crippen molar-refractivity contribution in [1.29, 1.82) is 0 Å². The molecule has 1 aromatic heterocycles. The molecule has 0 saturated carbocycles. The second-order valence-electron chi connectivity index (χ2n) is 4.03. The summed E-state index contributed by atoms with van der Waals surface area (Å²) in [6.07, 6.45) is -4.44. The third-order valence-electron chi connectivity index (χ3n) is 2.28.